The number of hydrogen-bond acceptors (Lipinski definition) is 3. The lowest BCUT2D eigenvalue weighted by Gasteiger charge is -2.12. The molecule has 1 amide bonds. The van der Waals surface area contributed by atoms with E-state index in [0.717, 1.165) is 18.4 Å². The second kappa shape index (κ2) is 8.29. The predicted molar refractivity (Wildman–Crippen MR) is 92.2 cm³/mol. The summed E-state index contributed by atoms with van der Waals surface area (Å²) in [6.07, 6.45) is 4.26. The maximum Gasteiger partial charge on any atom is 0.303 e. The number of aliphatic carboxylic acids is 1. The Morgan fingerprint density at radius 1 is 1.25 bits per heavy atom. The van der Waals surface area contributed by atoms with Crippen LogP contribution in [0.3, 0.4) is 0 Å². The fraction of sp³-hybridized carbons (Fsp3) is 0.389. The number of rotatable bonds is 8. The van der Waals surface area contributed by atoms with E-state index in [9.17, 15) is 9.59 Å². The van der Waals surface area contributed by atoms with Gasteiger partial charge in [0.05, 0.1) is 6.04 Å². The van der Waals surface area contributed by atoms with Crippen molar-refractivity contribution in [2.75, 3.05) is 5.32 Å². The van der Waals surface area contributed by atoms with E-state index in [1.165, 1.54) is 0 Å². The van der Waals surface area contributed by atoms with Crippen LogP contribution in [0.4, 0.5) is 5.69 Å². The van der Waals surface area contributed by atoms with Crippen LogP contribution >= 0.6 is 0 Å². The summed E-state index contributed by atoms with van der Waals surface area (Å²) in [7, 11) is 0. The largest absolute Gasteiger partial charge is 0.481 e. The molecular weight excluding hydrogens is 306 g/mol. The predicted octanol–water partition coefficient (Wildman–Crippen LogP) is 3.51. The average Bonchev–Trinajstić information content (AvgIpc) is 3.04. The molecule has 2 rings (SSSR count). The van der Waals surface area contributed by atoms with E-state index in [1.807, 2.05) is 16.9 Å². The molecule has 0 saturated heterocycles. The molecule has 0 aliphatic rings. The van der Waals surface area contributed by atoms with Gasteiger partial charge in [-0.05, 0) is 43.0 Å². The number of hydrogen-bond donors (Lipinski definition) is 2. The molecule has 0 saturated carbocycles. The molecule has 1 aromatic carbocycles. The zero-order chi connectivity index (χ0) is 17.5. The fourth-order valence-electron chi connectivity index (χ4n) is 2.58. The SMILES string of the molecule is CCC(CC)n1ccc(C(=O)Nc2cccc(CCC(=O)O)c2)n1. The van der Waals surface area contributed by atoms with Crippen LogP contribution in [0.15, 0.2) is 36.5 Å². The normalized spacial score (nSPS) is 10.8. The van der Waals surface area contributed by atoms with E-state index in [-0.39, 0.29) is 12.3 Å². The number of amides is 1. The molecule has 1 aromatic heterocycles. The quantitative estimate of drug-likeness (QED) is 0.776. The van der Waals surface area contributed by atoms with Crippen LogP contribution < -0.4 is 5.32 Å². The molecule has 0 aliphatic heterocycles. The molecule has 24 heavy (non-hydrogen) atoms. The first kappa shape index (κ1) is 17.7. The number of aromatic nitrogens is 2. The van der Waals surface area contributed by atoms with Gasteiger partial charge in [-0.1, -0.05) is 26.0 Å². The van der Waals surface area contributed by atoms with Crippen LogP contribution in [0.2, 0.25) is 0 Å². The van der Waals surface area contributed by atoms with Gasteiger partial charge in [-0.2, -0.15) is 5.10 Å². The zero-order valence-corrected chi connectivity index (χ0v) is 14.0. The summed E-state index contributed by atoms with van der Waals surface area (Å²) < 4.78 is 1.83. The zero-order valence-electron chi connectivity index (χ0n) is 14.0. The third-order valence-corrected chi connectivity index (χ3v) is 3.97. The van der Waals surface area contributed by atoms with Gasteiger partial charge in [-0.15, -0.1) is 0 Å². The highest BCUT2D eigenvalue weighted by molar-refractivity contribution is 6.02. The van der Waals surface area contributed by atoms with Gasteiger partial charge in [0.1, 0.15) is 0 Å². The van der Waals surface area contributed by atoms with Crippen molar-refractivity contribution in [2.45, 2.75) is 45.6 Å². The van der Waals surface area contributed by atoms with Crippen molar-refractivity contribution in [3.8, 4) is 0 Å². The van der Waals surface area contributed by atoms with Crippen molar-refractivity contribution in [1.82, 2.24) is 9.78 Å². The van der Waals surface area contributed by atoms with E-state index in [4.69, 9.17) is 5.11 Å². The number of carbonyl (C=O) groups excluding carboxylic acids is 1. The van der Waals surface area contributed by atoms with Gasteiger partial charge in [-0.25, -0.2) is 0 Å². The molecule has 0 unspecified atom stereocenters. The van der Waals surface area contributed by atoms with Crippen LogP contribution in [0.1, 0.15) is 55.2 Å². The number of nitrogens with zero attached hydrogens (tertiary/aromatic N) is 2. The van der Waals surface area contributed by atoms with Crippen LogP contribution in [0.5, 0.6) is 0 Å². The molecule has 2 N–H and O–H groups in total. The number of anilines is 1. The van der Waals surface area contributed by atoms with Crippen LogP contribution in [0.25, 0.3) is 0 Å². The van der Waals surface area contributed by atoms with Crippen molar-refractivity contribution in [3.63, 3.8) is 0 Å². The number of benzene rings is 1. The Balaban J connectivity index is 2.04. The van der Waals surface area contributed by atoms with E-state index in [1.54, 1.807) is 24.3 Å². The lowest BCUT2D eigenvalue weighted by molar-refractivity contribution is -0.136. The van der Waals surface area contributed by atoms with Gasteiger partial charge in [0.15, 0.2) is 5.69 Å². The van der Waals surface area contributed by atoms with E-state index >= 15 is 0 Å². The van der Waals surface area contributed by atoms with E-state index < -0.39 is 5.97 Å². The fourth-order valence-corrected chi connectivity index (χ4v) is 2.58. The minimum atomic E-state index is -0.837. The molecule has 0 aliphatic carbocycles. The minimum Gasteiger partial charge on any atom is -0.481 e. The molecule has 0 bridgehead atoms. The lowest BCUT2D eigenvalue weighted by atomic mass is 10.1. The molecule has 0 spiro atoms. The smallest absolute Gasteiger partial charge is 0.303 e. The maximum absolute atomic E-state index is 12.3. The van der Waals surface area contributed by atoms with Gasteiger partial charge in [0, 0.05) is 18.3 Å². The lowest BCUT2D eigenvalue weighted by Crippen LogP contribution is -2.15. The van der Waals surface area contributed by atoms with Gasteiger partial charge in [0.2, 0.25) is 0 Å². The average molecular weight is 329 g/mol. The summed E-state index contributed by atoms with van der Waals surface area (Å²) >= 11 is 0. The van der Waals surface area contributed by atoms with E-state index in [0.29, 0.717) is 23.8 Å². The third-order valence-electron chi connectivity index (χ3n) is 3.97. The summed E-state index contributed by atoms with van der Waals surface area (Å²) in [6, 6.07) is 9.22. The number of nitrogens with one attached hydrogen (secondary N) is 1. The number of carbonyl (C=O) groups is 2. The highest BCUT2D eigenvalue weighted by atomic mass is 16.4. The highest BCUT2D eigenvalue weighted by Crippen LogP contribution is 2.16. The molecular formula is C18H23N3O3. The third kappa shape index (κ3) is 4.68. The summed E-state index contributed by atoms with van der Waals surface area (Å²) in [5, 5.41) is 15.9. The second-order valence-corrected chi connectivity index (χ2v) is 5.70. The van der Waals surface area contributed by atoms with Gasteiger partial charge >= 0.3 is 5.97 Å². The Morgan fingerprint density at radius 2 is 2.00 bits per heavy atom. The van der Waals surface area contributed by atoms with Crippen molar-refractivity contribution >= 4 is 17.6 Å². The Bertz CT molecular complexity index is 705. The Morgan fingerprint density at radius 3 is 2.67 bits per heavy atom. The first-order valence-electron chi connectivity index (χ1n) is 8.20. The standard InChI is InChI=1S/C18H23N3O3/c1-3-15(4-2)21-11-10-16(20-21)18(24)19-14-7-5-6-13(12-14)8-9-17(22)23/h5-7,10-12,15H,3-4,8-9H2,1-2H3,(H,19,24)(H,22,23). The van der Waals surface area contributed by atoms with Crippen molar-refractivity contribution in [3.05, 3.63) is 47.8 Å². The molecule has 1 heterocycles. The van der Waals surface area contributed by atoms with Crippen LogP contribution in [0, 0.1) is 0 Å². The van der Waals surface area contributed by atoms with Gasteiger partial charge in [-0.3, -0.25) is 14.3 Å². The molecule has 2 aromatic rings. The van der Waals surface area contributed by atoms with Gasteiger partial charge in [0.25, 0.3) is 5.91 Å². The summed E-state index contributed by atoms with van der Waals surface area (Å²) in [5.74, 6) is -1.11. The Kier molecular flexibility index (Phi) is 6.12. The maximum atomic E-state index is 12.3. The minimum absolute atomic E-state index is 0.0667. The molecule has 0 atom stereocenters. The number of carboxylic acid groups (broad SMARTS) is 1. The Hall–Kier alpha value is -2.63. The Labute approximate surface area is 141 Å². The molecule has 6 nitrogen and oxygen atoms in total. The summed E-state index contributed by atoms with van der Waals surface area (Å²) in [4.78, 5) is 23.0. The number of aryl methyl sites for hydroxylation is 1. The van der Waals surface area contributed by atoms with Crippen LogP contribution in [-0.4, -0.2) is 26.8 Å². The van der Waals surface area contributed by atoms with Crippen LogP contribution in [-0.2, 0) is 11.2 Å². The van der Waals surface area contributed by atoms with Crippen molar-refractivity contribution < 1.29 is 14.7 Å². The topological polar surface area (TPSA) is 84.2 Å². The van der Waals surface area contributed by atoms with Gasteiger partial charge < -0.3 is 10.4 Å². The monoisotopic (exact) mass is 329 g/mol. The molecule has 6 heteroatoms. The highest BCUT2D eigenvalue weighted by Gasteiger charge is 2.13. The molecule has 0 fully saturated rings. The molecule has 0 radical (unpaired) electrons. The van der Waals surface area contributed by atoms with E-state index in [2.05, 4.69) is 24.3 Å². The van der Waals surface area contributed by atoms with Crippen molar-refractivity contribution in [2.24, 2.45) is 0 Å². The molecule has 128 valence electrons. The second-order valence-electron chi connectivity index (χ2n) is 5.70. The summed E-state index contributed by atoms with van der Waals surface area (Å²) in [5.41, 5.74) is 1.88. The summed E-state index contributed by atoms with van der Waals surface area (Å²) in [6.45, 7) is 4.19. The van der Waals surface area contributed by atoms with Crippen molar-refractivity contribution in [1.29, 1.82) is 0 Å². The number of carboxylic acids is 1. The first-order chi connectivity index (χ1) is 11.5. The first-order valence-corrected chi connectivity index (χ1v) is 8.20.